The molecule has 1 unspecified atom stereocenters. The smallest absolute Gasteiger partial charge is 0.234 e. The summed E-state index contributed by atoms with van der Waals surface area (Å²) in [6.07, 6.45) is 1.05. The van der Waals surface area contributed by atoms with E-state index in [1.165, 1.54) is 0 Å². The molecule has 4 nitrogen and oxygen atoms in total. The van der Waals surface area contributed by atoms with E-state index < -0.39 is 0 Å². The van der Waals surface area contributed by atoms with Crippen molar-refractivity contribution < 1.29 is 14.3 Å². The van der Waals surface area contributed by atoms with E-state index in [9.17, 15) is 4.79 Å². The van der Waals surface area contributed by atoms with Gasteiger partial charge in [-0.25, -0.2) is 0 Å². The Labute approximate surface area is 101 Å². The number of hydrogen-bond acceptors (Lipinski definition) is 3. The summed E-state index contributed by atoms with van der Waals surface area (Å²) in [5.41, 5.74) is 0.217. The van der Waals surface area contributed by atoms with E-state index in [2.05, 4.69) is 35.3 Å². The Bertz CT molecular complexity index is 192. The molecule has 1 amide bonds. The molecule has 1 atom stereocenters. The second-order valence-electron chi connectivity index (χ2n) is 4.83. The van der Waals surface area contributed by atoms with Gasteiger partial charge in [0, 0.05) is 13.2 Å². The minimum absolute atomic E-state index is 0.106. The Hall–Kier alpha value is -0.180. The van der Waals surface area contributed by atoms with Crippen LogP contribution in [0.4, 0.5) is 4.79 Å². The van der Waals surface area contributed by atoms with Crippen molar-refractivity contribution in [3.8, 4) is 0 Å². The molecule has 0 aromatic rings. The molecule has 0 aromatic carbocycles. The third kappa shape index (κ3) is 13.8. The predicted octanol–water partition coefficient (Wildman–Crippen LogP) is 2.04. The van der Waals surface area contributed by atoms with Crippen molar-refractivity contribution in [1.82, 2.24) is 5.32 Å². The van der Waals surface area contributed by atoms with Crippen LogP contribution >= 0.6 is 9.24 Å². The van der Waals surface area contributed by atoms with Crippen molar-refractivity contribution in [2.75, 3.05) is 33.0 Å². The number of amides is 1. The van der Waals surface area contributed by atoms with Gasteiger partial charge in [-0.3, -0.25) is 4.79 Å². The van der Waals surface area contributed by atoms with Crippen molar-refractivity contribution >= 4 is 14.9 Å². The topological polar surface area (TPSA) is 47.6 Å². The second kappa shape index (κ2) is 8.91. The van der Waals surface area contributed by atoms with Gasteiger partial charge in [0.1, 0.15) is 0 Å². The molecule has 0 aliphatic heterocycles. The molecule has 16 heavy (non-hydrogen) atoms. The molecule has 5 heteroatoms. The number of carbonyl (C=O) groups excluding carboxylic acids is 1. The molecule has 0 saturated carbocycles. The molecule has 0 bridgehead atoms. The summed E-state index contributed by atoms with van der Waals surface area (Å²) in [6.45, 7) is 9.62. The van der Waals surface area contributed by atoms with Gasteiger partial charge in [-0.05, 0) is 21.1 Å². The summed E-state index contributed by atoms with van der Waals surface area (Å²) >= 11 is 0. The van der Waals surface area contributed by atoms with Gasteiger partial charge in [-0.15, -0.1) is 0 Å². The molecule has 0 saturated heterocycles. The minimum Gasteiger partial charge on any atom is -0.379 e. The van der Waals surface area contributed by atoms with Crippen LogP contribution in [0.5, 0.6) is 0 Å². The minimum atomic E-state index is -0.106. The number of ether oxygens (including phenoxy) is 2. The third-order valence-corrected chi connectivity index (χ3v) is 2.12. The lowest BCUT2D eigenvalue weighted by atomic mass is 9.93. The summed E-state index contributed by atoms with van der Waals surface area (Å²) in [5.74, 6) is 0. The first-order chi connectivity index (χ1) is 7.42. The largest absolute Gasteiger partial charge is 0.379 e. The molecule has 0 fully saturated rings. The molecule has 0 spiro atoms. The van der Waals surface area contributed by atoms with Crippen LogP contribution in [0.15, 0.2) is 0 Å². The van der Waals surface area contributed by atoms with Gasteiger partial charge in [-0.2, -0.15) is 0 Å². The molecule has 0 heterocycles. The average Bonchev–Trinajstić information content (AvgIpc) is 2.13. The maximum absolute atomic E-state index is 10.5. The monoisotopic (exact) mass is 249 g/mol. The second-order valence-corrected chi connectivity index (χ2v) is 5.35. The van der Waals surface area contributed by atoms with Gasteiger partial charge < -0.3 is 14.8 Å². The normalized spacial score (nSPS) is 11.5. The van der Waals surface area contributed by atoms with Crippen LogP contribution in [0.3, 0.4) is 0 Å². The Kier molecular flexibility index (Phi) is 8.81. The Morgan fingerprint density at radius 1 is 1.12 bits per heavy atom. The molecule has 0 aromatic heterocycles. The van der Waals surface area contributed by atoms with Gasteiger partial charge in [-0.1, -0.05) is 20.8 Å². The quantitative estimate of drug-likeness (QED) is 0.529. The van der Waals surface area contributed by atoms with E-state index in [-0.39, 0.29) is 5.65 Å². The van der Waals surface area contributed by atoms with E-state index in [0.29, 0.717) is 31.8 Å². The highest BCUT2D eigenvalue weighted by atomic mass is 31.0. The summed E-state index contributed by atoms with van der Waals surface area (Å²) < 4.78 is 10.7. The predicted molar refractivity (Wildman–Crippen MR) is 68.8 cm³/mol. The summed E-state index contributed by atoms with van der Waals surface area (Å²) in [5, 5.41) is 2.63. The Morgan fingerprint density at radius 2 is 1.69 bits per heavy atom. The van der Waals surface area contributed by atoms with E-state index in [1.54, 1.807) is 0 Å². The van der Waals surface area contributed by atoms with E-state index in [0.717, 1.165) is 13.0 Å². The molecule has 1 N–H and O–H groups in total. The fraction of sp³-hybridized carbons (Fsp3) is 0.909. The van der Waals surface area contributed by atoms with Crippen molar-refractivity contribution in [1.29, 1.82) is 0 Å². The maximum atomic E-state index is 10.5. The van der Waals surface area contributed by atoms with Crippen LogP contribution in [0.2, 0.25) is 0 Å². The van der Waals surface area contributed by atoms with Gasteiger partial charge in [0.2, 0.25) is 5.65 Å². The van der Waals surface area contributed by atoms with Gasteiger partial charge >= 0.3 is 0 Å². The van der Waals surface area contributed by atoms with Crippen LogP contribution < -0.4 is 5.32 Å². The first kappa shape index (κ1) is 15.8. The van der Waals surface area contributed by atoms with Crippen molar-refractivity contribution in [2.24, 2.45) is 5.41 Å². The fourth-order valence-electron chi connectivity index (χ4n) is 0.947. The SMILES string of the molecule is CC(C)(C)CCOCCOCCNC(=O)P. The van der Waals surface area contributed by atoms with Crippen molar-refractivity contribution in [2.45, 2.75) is 27.2 Å². The lowest BCUT2D eigenvalue weighted by molar-refractivity contribution is 0.0403. The zero-order valence-electron chi connectivity index (χ0n) is 10.5. The van der Waals surface area contributed by atoms with Crippen LogP contribution in [0, 0.1) is 5.41 Å². The summed E-state index contributed by atoms with van der Waals surface area (Å²) in [7, 11) is 2.06. The standard InChI is InChI=1S/C11H24NO3P/c1-11(2,3)4-6-14-8-9-15-7-5-12-10(13)16/h4-9,16H2,1-3H3,(H,12,13). The third-order valence-electron chi connectivity index (χ3n) is 1.91. The van der Waals surface area contributed by atoms with Crippen LogP contribution in [0.1, 0.15) is 27.2 Å². The summed E-state index contributed by atoms with van der Waals surface area (Å²) in [6, 6.07) is 0. The Morgan fingerprint density at radius 3 is 2.19 bits per heavy atom. The highest BCUT2D eigenvalue weighted by Gasteiger charge is 2.08. The molecular weight excluding hydrogens is 225 g/mol. The average molecular weight is 249 g/mol. The van der Waals surface area contributed by atoms with Gasteiger partial charge in [0.05, 0.1) is 19.8 Å². The Balaban J connectivity index is 3.07. The number of rotatable bonds is 8. The number of hydrogen-bond donors (Lipinski definition) is 1. The number of carbonyl (C=O) groups is 1. The summed E-state index contributed by atoms with van der Waals surface area (Å²) in [4.78, 5) is 10.5. The van der Waals surface area contributed by atoms with Gasteiger partial charge in [0.25, 0.3) is 0 Å². The fourth-order valence-corrected chi connectivity index (χ4v) is 1.09. The first-order valence-electron chi connectivity index (χ1n) is 5.60. The van der Waals surface area contributed by atoms with Crippen LogP contribution in [0.25, 0.3) is 0 Å². The molecule has 0 aliphatic rings. The van der Waals surface area contributed by atoms with E-state index >= 15 is 0 Å². The molecule has 96 valence electrons. The molecule has 0 radical (unpaired) electrons. The maximum Gasteiger partial charge on any atom is 0.234 e. The zero-order valence-corrected chi connectivity index (χ0v) is 11.7. The van der Waals surface area contributed by atoms with Crippen LogP contribution in [-0.4, -0.2) is 38.6 Å². The van der Waals surface area contributed by atoms with E-state index in [1.807, 2.05) is 0 Å². The molecular formula is C11H24NO3P. The van der Waals surface area contributed by atoms with E-state index in [4.69, 9.17) is 9.47 Å². The first-order valence-corrected chi connectivity index (χ1v) is 6.18. The highest BCUT2D eigenvalue weighted by molar-refractivity contribution is 7.39. The zero-order chi connectivity index (χ0) is 12.4. The van der Waals surface area contributed by atoms with Crippen LogP contribution in [-0.2, 0) is 9.47 Å². The molecule has 0 aliphatic carbocycles. The molecule has 0 rings (SSSR count). The lowest BCUT2D eigenvalue weighted by Gasteiger charge is -2.17. The highest BCUT2D eigenvalue weighted by Crippen LogP contribution is 2.17. The lowest BCUT2D eigenvalue weighted by Crippen LogP contribution is -2.22. The van der Waals surface area contributed by atoms with Gasteiger partial charge in [0.15, 0.2) is 0 Å². The van der Waals surface area contributed by atoms with Crippen molar-refractivity contribution in [3.63, 3.8) is 0 Å². The van der Waals surface area contributed by atoms with Crippen molar-refractivity contribution in [3.05, 3.63) is 0 Å². The number of nitrogens with one attached hydrogen (secondary N) is 1.